The first kappa shape index (κ1) is 38.4. The Bertz CT molecular complexity index is 1650. The molecule has 9 atom stereocenters. The zero-order valence-corrected chi connectivity index (χ0v) is 31.8. The quantitative estimate of drug-likeness (QED) is 0.146. The average molecular weight is 765 g/mol. The number of hydrogen-bond donors (Lipinski definition) is 1. The lowest BCUT2D eigenvalue weighted by molar-refractivity contribution is -0.165. The van der Waals surface area contributed by atoms with Crippen LogP contribution in [0.25, 0.3) is 0 Å². The maximum Gasteiger partial charge on any atom is 0.313 e. The Hall–Kier alpha value is -3.80. The van der Waals surface area contributed by atoms with E-state index in [9.17, 15) is 19.5 Å². The first-order valence-corrected chi connectivity index (χ1v) is 18.6. The van der Waals surface area contributed by atoms with Crippen LogP contribution in [-0.4, -0.2) is 93.5 Å². The Morgan fingerprint density at radius 2 is 1.86 bits per heavy atom. The first-order valence-electron chi connectivity index (χ1n) is 17.7. The minimum absolute atomic E-state index is 0.118. The summed E-state index contributed by atoms with van der Waals surface area (Å²) in [6.45, 7) is 15.0. The Labute approximate surface area is 309 Å². The predicted molar refractivity (Wildman–Crippen MR) is 199 cm³/mol. The standard InChI is InChI=1S/C40H50BrN3O7/c1-8-11-17-31(46)42(7)26(6)34(27-15-13-12-14-16-27)50-39(49)32-33-37(47)44(28(10-3)23-45)36(40(33)22-29(41)35(32)51-40)38(48)43(20-9-2)30-21-24(4)18-19-25(30)5/h8-9,12-16,18-19,21,26,28-29,32-36,45H,1-2,10-11,17,20,22-23H2,3-7H3/t26-,28-,29?,32-,33+,34+,35-,36-,40+/m0/s1. The molecule has 51 heavy (non-hydrogen) atoms. The van der Waals surface area contributed by atoms with E-state index in [-0.39, 0.29) is 36.2 Å². The van der Waals surface area contributed by atoms with Crippen molar-refractivity contribution in [3.05, 3.63) is 90.5 Å². The number of benzene rings is 2. The number of aryl methyl sites for hydroxylation is 2. The third-order valence-corrected chi connectivity index (χ3v) is 11.8. The number of carbonyl (C=O) groups is 4. The van der Waals surface area contributed by atoms with Crippen molar-refractivity contribution in [3.8, 4) is 0 Å². The lowest BCUT2D eigenvalue weighted by atomic mass is 9.70. The number of fused-ring (bicyclic) bond motifs is 1. The summed E-state index contributed by atoms with van der Waals surface area (Å²) in [4.78, 5) is 61.7. The molecular weight excluding hydrogens is 714 g/mol. The van der Waals surface area contributed by atoms with Gasteiger partial charge in [-0.15, -0.1) is 13.2 Å². The monoisotopic (exact) mass is 763 g/mol. The van der Waals surface area contributed by atoms with Gasteiger partial charge in [-0.25, -0.2) is 0 Å². The molecule has 3 amide bonds. The molecule has 2 aromatic rings. The number of likely N-dealkylation sites (N-methyl/N-ethyl adjacent to an activating group) is 1. The van der Waals surface area contributed by atoms with Crippen LogP contribution in [0.2, 0.25) is 0 Å². The molecule has 2 aromatic carbocycles. The second-order valence-electron chi connectivity index (χ2n) is 14.0. The molecule has 3 heterocycles. The van der Waals surface area contributed by atoms with Crippen molar-refractivity contribution in [1.82, 2.24) is 9.80 Å². The van der Waals surface area contributed by atoms with Gasteiger partial charge in [-0.1, -0.05) is 77.5 Å². The first-order chi connectivity index (χ1) is 24.4. The van der Waals surface area contributed by atoms with Gasteiger partial charge in [-0.2, -0.15) is 0 Å². The number of rotatable bonds is 15. The summed E-state index contributed by atoms with van der Waals surface area (Å²) in [7, 11) is 1.68. The Morgan fingerprint density at radius 1 is 1.16 bits per heavy atom. The molecule has 3 saturated heterocycles. The number of likely N-dealkylation sites (tertiary alicyclic amines) is 1. The molecule has 11 heteroatoms. The van der Waals surface area contributed by atoms with Crippen LogP contribution in [0.1, 0.15) is 62.3 Å². The van der Waals surface area contributed by atoms with E-state index < -0.39 is 59.6 Å². The van der Waals surface area contributed by atoms with Crippen molar-refractivity contribution >= 4 is 45.3 Å². The lowest BCUT2D eigenvalue weighted by Gasteiger charge is -2.39. The number of amides is 3. The van der Waals surface area contributed by atoms with E-state index in [0.29, 0.717) is 30.5 Å². The fraction of sp³-hybridized carbons (Fsp3) is 0.500. The highest BCUT2D eigenvalue weighted by Gasteiger charge is 2.77. The number of carbonyl (C=O) groups excluding carboxylic acids is 4. The fourth-order valence-electron chi connectivity index (χ4n) is 8.14. The van der Waals surface area contributed by atoms with E-state index >= 15 is 4.79 Å². The summed E-state index contributed by atoms with van der Waals surface area (Å²) in [6.07, 6.45) is 3.21. The molecule has 1 N–H and O–H groups in total. The molecule has 5 rings (SSSR count). The van der Waals surface area contributed by atoms with E-state index in [0.717, 1.165) is 11.1 Å². The van der Waals surface area contributed by atoms with E-state index in [4.69, 9.17) is 9.47 Å². The Balaban J connectivity index is 1.56. The molecule has 274 valence electrons. The van der Waals surface area contributed by atoms with Gasteiger partial charge in [-0.05, 0) is 62.8 Å². The van der Waals surface area contributed by atoms with Gasteiger partial charge >= 0.3 is 5.97 Å². The SMILES string of the molecule is C=CCCC(=O)N(C)[C@@H](C)[C@@H](OC(=O)[C@@H]1[C@H]2O[C@@]3(CC2Br)[C@H](C(=O)N(CC=C)c2cc(C)ccc2C)N([C@@H](CC)CO)C(=O)[C@@H]13)c1ccccc1. The number of halogens is 1. The number of aliphatic hydroxyl groups is 1. The molecule has 2 bridgehead atoms. The maximum atomic E-state index is 15.0. The molecule has 3 fully saturated rings. The number of allylic oxidation sites excluding steroid dienone is 1. The van der Waals surface area contributed by atoms with Gasteiger partial charge in [0.05, 0.1) is 36.6 Å². The van der Waals surface area contributed by atoms with Crippen molar-refractivity contribution in [2.24, 2.45) is 11.8 Å². The van der Waals surface area contributed by atoms with Crippen LogP contribution in [0.3, 0.4) is 0 Å². The van der Waals surface area contributed by atoms with Crippen molar-refractivity contribution in [1.29, 1.82) is 0 Å². The summed E-state index contributed by atoms with van der Waals surface area (Å²) < 4.78 is 13.1. The third-order valence-electron chi connectivity index (χ3n) is 10.9. The molecule has 0 aromatic heterocycles. The number of hydrogen-bond acceptors (Lipinski definition) is 7. The van der Waals surface area contributed by atoms with Crippen molar-refractivity contribution < 1.29 is 33.8 Å². The van der Waals surface area contributed by atoms with Crippen LogP contribution in [-0.2, 0) is 28.7 Å². The van der Waals surface area contributed by atoms with Crippen LogP contribution in [0, 0.1) is 25.7 Å². The van der Waals surface area contributed by atoms with Crippen LogP contribution in [0.5, 0.6) is 0 Å². The normalized spacial score (nSPS) is 26.6. The number of alkyl halides is 1. The largest absolute Gasteiger partial charge is 0.455 e. The smallest absolute Gasteiger partial charge is 0.313 e. The molecule has 0 aliphatic carbocycles. The topological polar surface area (TPSA) is 117 Å². The molecule has 0 radical (unpaired) electrons. The second-order valence-corrected chi connectivity index (χ2v) is 15.2. The van der Waals surface area contributed by atoms with Gasteiger partial charge in [-0.3, -0.25) is 19.2 Å². The van der Waals surface area contributed by atoms with Gasteiger partial charge in [0.25, 0.3) is 5.91 Å². The number of aliphatic hydroxyl groups excluding tert-OH is 1. The molecule has 3 aliphatic rings. The fourth-order valence-corrected chi connectivity index (χ4v) is 9.08. The molecule has 1 unspecified atom stereocenters. The highest BCUT2D eigenvalue weighted by Crippen LogP contribution is 2.61. The summed E-state index contributed by atoms with van der Waals surface area (Å²) >= 11 is 3.75. The van der Waals surface area contributed by atoms with Crippen molar-refractivity contribution in [2.45, 2.75) is 94.1 Å². The van der Waals surface area contributed by atoms with Gasteiger partial charge in [0.2, 0.25) is 11.8 Å². The Kier molecular flexibility index (Phi) is 11.9. The van der Waals surface area contributed by atoms with Crippen molar-refractivity contribution in [2.75, 3.05) is 25.1 Å². The van der Waals surface area contributed by atoms with Crippen LogP contribution >= 0.6 is 15.9 Å². The van der Waals surface area contributed by atoms with E-state index in [2.05, 4.69) is 29.1 Å². The third kappa shape index (κ3) is 6.92. The number of nitrogens with zero attached hydrogens (tertiary/aromatic N) is 3. The molecule has 1 spiro atoms. The minimum Gasteiger partial charge on any atom is -0.455 e. The van der Waals surface area contributed by atoms with Gasteiger partial charge in [0, 0.05) is 30.5 Å². The summed E-state index contributed by atoms with van der Waals surface area (Å²) in [6, 6.07) is 12.7. The molecular formula is C40H50BrN3O7. The lowest BCUT2D eigenvalue weighted by Crippen LogP contribution is -2.59. The van der Waals surface area contributed by atoms with Crippen molar-refractivity contribution in [3.63, 3.8) is 0 Å². The van der Waals surface area contributed by atoms with Gasteiger partial charge in [0.1, 0.15) is 17.7 Å². The zero-order valence-electron chi connectivity index (χ0n) is 30.2. The molecule has 3 aliphatic heterocycles. The van der Waals surface area contributed by atoms with E-state index in [1.165, 1.54) is 4.90 Å². The minimum atomic E-state index is -1.36. The summed E-state index contributed by atoms with van der Waals surface area (Å²) in [5, 5.41) is 10.5. The number of ether oxygens (including phenoxy) is 2. The van der Waals surface area contributed by atoms with Gasteiger partial charge in [0.15, 0.2) is 0 Å². The summed E-state index contributed by atoms with van der Waals surface area (Å²) in [5.74, 6) is -3.61. The van der Waals surface area contributed by atoms with Crippen LogP contribution < -0.4 is 4.90 Å². The molecule has 10 nitrogen and oxygen atoms in total. The van der Waals surface area contributed by atoms with Crippen LogP contribution in [0.15, 0.2) is 73.8 Å². The molecule has 0 saturated carbocycles. The number of anilines is 1. The van der Waals surface area contributed by atoms with E-state index in [1.807, 2.05) is 76.2 Å². The second kappa shape index (κ2) is 15.8. The average Bonchev–Trinajstić information content (AvgIpc) is 3.72. The number of esters is 1. The van der Waals surface area contributed by atoms with Crippen LogP contribution in [0.4, 0.5) is 5.69 Å². The Morgan fingerprint density at radius 3 is 2.49 bits per heavy atom. The van der Waals surface area contributed by atoms with E-state index in [1.54, 1.807) is 29.0 Å². The highest BCUT2D eigenvalue weighted by atomic mass is 79.9. The summed E-state index contributed by atoms with van der Waals surface area (Å²) in [5.41, 5.74) is 1.87. The predicted octanol–water partition coefficient (Wildman–Crippen LogP) is 5.44. The maximum absolute atomic E-state index is 15.0. The van der Waals surface area contributed by atoms with Gasteiger partial charge < -0.3 is 29.3 Å². The highest BCUT2D eigenvalue weighted by molar-refractivity contribution is 9.09. The zero-order chi connectivity index (χ0) is 37.2.